The largest absolute Gasteiger partial charge is 0.376 e. The van der Waals surface area contributed by atoms with Crippen LogP contribution in [0.25, 0.3) is 0 Å². The lowest BCUT2D eigenvalue weighted by atomic mass is 10.1. The van der Waals surface area contributed by atoms with Crippen molar-refractivity contribution in [1.29, 1.82) is 0 Å². The fourth-order valence-corrected chi connectivity index (χ4v) is 3.53. The van der Waals surface area contributed by atoms with E-state index in [2.05, 4.69) is 6.92 Å². The van der Waals surface area contributed by atoms with Gasteiger partial charge in [-0.15, -0.1) is 0 Å². The molecule has 0 saturated carbocycles. The van der Waals surface area contributed by atoms with Crippen LogP contribution in [0.4, 0.5) is 0 Å². The molecule has 0 spiro atoms. The van der Waals surface area contributed by atoms with Crippen LogP contribution in [0.2, 0.25) is 6.04 Å². The zero-order valence-corrected chi connectivity index (χ0v) is 15.6. The zero-order chi connectivity index (χ0) is 15.1. The van der Waals surface area contributed by atoms with Crippen LogP contribution in [0.5, 0.6) is 0 Å². The summed E-state index contributed by atoms with van der Waals surface area (Å²) in [6.45, 7) is 4.10. The predicted octanol–water partition coefficient (Wildman–Crippen LogP) is 4.39. The van der Waals surface area contributed by atoms with Crippen molar-refractivity contribution >= 4 is 9.76 Å². The molecule has 0 radical (unpaired) electrons. The molecule has 0 amide bonds. The van der Waals surface area contributed by atoms with Gasteiger partial charge in [-0.05, 0) is 6.04 Å². The molecule has 4 heteroatoms. The van der Waals surface area contributed by atoms with Crippen molar-refractivity contribution in [2.45, 2.75) is 90.1 Å². The monoisotopic (exact) mass is 304 g/mol. The minimum atomic E-state index is -0.815. The second-order valence-corrected chi connectivity index (χ2v) is 7.06. The molecule has 3 nitrogen and oxygen atoms in total. The van der Waals surface area contributed by atoms with Gasteiger partial charge in [0.2, 0.25) is 0 Å². The van der Waals surface area contributed by atoms with E-state index in [1.807, 2.05) is 6.92 Å². The highest BCUT2D eigenvalue weighted by molar-refractivity contribution is 6.27. The van der Waals surface area contributed by atoms with Gasteiger partial charge in [-0.1, -0.05) is 71.1 Å². The molecule has 0 atom stereocenters. The first-order valence-electron chi connectivity index (χ1n) is 8.42. The van der Waals surface area contributed by atoms with Gasteiger partial charge >= 0.3 is 0 Å². The highest BCUT2D eigenvalue weighted by atomic mass is 28.2. The Balaban J connectivity index is 3.17. The van der Waals surface area contributed by atoms with E-state index in [4.69, 9.17) is 13.9 Å². The molecule has 0 saturated heterocycles. The fraction of sp³-hybridized carbons (Fsp3) is 1.00. The van der Waals surface area contributed by atoms with Gasteiger partial charge in [-0.25, -0.2) is 0 Å². The molecular weight excluding hydrogens is 268 g/mol. The van der Waals surface area contributed by atoms with E-state index in [0.29, 0.717) is 0 Å². The Bertz CT molecular complexity index is 196. The van der Waals surface area contributed by atoms with E-state index < -0.39 is 15.7 Å². The zero-order valence-electron chi connectivity index (χ0n) is 14.2. The van der Waals surface area contributed by atoms with Crippen LogP contribution >= 0.6 is 0 Å². The molecule has 0 heterocycles. The van der Waals surface area contributed by atoms with Crippen molar-refractivity contribution in [3.05, 3.63) is 0 Å². The number of ether oxygens (including phenoxy) is 2. The molecule has 0 bridgehead atoms. The summed E-state index contributed by atoms with van der Waals surface area (Å²) in [5.41, 5.74) is 0. The van der Waals surface area contributed by atoms with Crippen molar-refractivity contribution in [2.75, 3.05) is 14.2 Å². The second kappa shape index (κ2) is 14.1. The van der Waals surface area contributed by atoms with E-state index in [1.165, 1.54) is 70.3 Å². The topological polar surface area (TPSA) is 27.7 Å². The molecule has 0 unspecified atom stereocenters. The maximum atomic E-state index is 5.70. The van der Waals surface area contributed by atoms with E-state index in [1.54, 1.807) is 14.2 Å². The molecule has 0 aromatic rings. The van der Waals surface area contributed by atoms with Crippen LogP contribution in [0.1, 0.15) is 78.1 Å². The molecule has 0 aromatic carbocycles. The van der Waals surface area contributed by atoms with Crippen LogP contribution in [0.15, 0.2) is 0 Å². The van der Waals surface area contributed by atoms with E-state index in [0.717, 1.165) is 0 Å². The molecule has 0 fully saturated rings. The molecule has 20 heavy (non-hydrogen) atoms. The Morgan fingerprint density at radius 2 is 1.20 bits per heavy atom. The third-order valence-electron chi connectivity index (χ3n) is 3.85. The summed E-state index contributed by atoms with van der Waals surface area (Å²) in [6.07, 6.45) is 13.9. The van der Waals surface area contributed by atoms with E-state index >= 15 is 0 Å². The summed E-state index contributed by atoms with van der Waals surface area (Å²) in [7, 11) is 2.73. The van der Waals surface area contributed by atoms with Gasteiger partial charge in [0.15, 0.2) is 9.76 Å². The SMILES string of the molecule is CCCCCCCCCCCC[SiH2]OC(C)(OC)OC. The van der Waals surface area contributed by atoms with Gasteiger partial charge in [-0.3, -0.25) is 0 Å². The molecule has 122 valence electrons. The van der Waals surface area contributed by atoms with Crippen molar-refractivity contribution in [3.8, 4) is 0 Å². The van der Waals surface area contributed by atoms with Crippen LogP contribution < -0.4 is 0 Å². The molecule has 0 rings (SSSR count). The molecule has 0 aromatic heterocycles. The molecule has 0 aliphatic rings. The standard InChI is InChI=1S/C16H36O3Si/c1-5-6-7-8-9-10-11-12-13-14-15-20-19-16(2,17-3)18-4/h5-15,20H2,1-4H3. The molecule has 0 aliphatic heterocycles. The molecule has 0 aliphatic carbocycles. The number of methoxy groups -OCH3 is 2. The van der Waals surface area contributed by atoms with Gasteiger partial charge < -0.3 is 13.9 Å². The quantitative estimate of drug-likeness (QED) is 0.255. The first kappa shape index (κ1) is 20.1. The fourth-order valence-electron chi connectivity index (χ4n) is 2.23. The van der Waals surface area contributed by atoms with Gasteiger partial charge in [0.1, 0.15) is 0 Å². The Hall–Kier alpha value is 0.0969. The summed E-state index contributed by atoms with van der Waals surface area (Å²) in [5.74, 6) is -0.815. The highest BCUT2D eigenvalue weighted by Crippen LogP contribution is 2.14. The van der Waals surface area contributed by atoms with Gasteiger partial charge in [0.05, 0.1) is 0 Å². The third kappa shape index (κ3) is 11.9. The molecule has 0 N–H and O–H groups in total. The minimum Gasteiger partial charge on any atom is -0.376 e. The van der Waals surface area contributed by atoms with E-state index in [9.17, 15) is 0 Å². The first-order valence-corrected chi connectivity index (χ1v) is 10.0. The Morgan fingerprint density at radius 1 is 0.750 bits per heavy atom. The summed E-state index contributed by atoms with van der Waals surface area (Å²) in [5, 5.41) is 0. The number of hydrogen-bond donors (Lipinski definition) is 0. The average Bonchev–Trinajstić information content (AvgIpc) is 2.48. The summed E-state index contributed by atoms with van der Waals surface area (Å²) >= 11 is 0. The van der Waals surface area contributed by atoms with Gasteiger partial charge in [-0.2, -0.15) is 0 Å². The maximum absolute atomic E-state index is 5.70. The first-order chi connectivity index (χ1) is 9.68. The summed E-state index contributed by atoms with van der Waals surface area (Å²) in [6, 6.07) is 1.22. The average molecular weight is 305 g/mol. The highest BCUT2D eigenvalue weighted by Gasteiger charge is 2.22. The molecular formula is C16H36O3Si. The van der Waals surface area contributed by atoms with Gasteiger partial charge in [0, 0.05) is 21.1 Å². The van der Waals surface area contributed by atoms with Crippen molar-refractivity contribution < 1.29 is 13.9 Å². The maximum Gasteiger partial charge on any atom is 0.269 e. The number of rotatable bonds is 15. The second-order valence-electron chi connectivity index (χ2n) is 5.65. The third-order valence-corrected chi connectivity index (χ3v) is 5.37. The minimum absolute atomic E-state index is 0.518. The summed E-state index contributed by atoms with van der Waals surface area (Å²) in [4.78, 5) is 0. The Labute approximate surface area is 128 Å². The van der Waals surface area contributed by atoms with Crippen LogP contribution in [0.3, 0.4) is 0 Å². The van der Waals surface area contributed by atoms with Crippen molar-refractivity contribution in [3.63, 3.8) is 0 Å². The van der Waals surface area contributed by atoms with Crippen LogP contribution in [-0.2, 0) is 13.9 Å². The van der Waals surface area contributed by atoms with Crippen LogP contribution in [-0.4, -0.2) is 30.0 Å². The Morgan fingerprint density at radius 3 is 1.65 bits per heavy atom. The van der Waals surface area contributed by atoms with E-state index in [-0.39, 0.29) is 0 Å². The van der Waals surface area contributed by atoms with Gasteiger partial charge in [0.25, 0.3) is 5.97 Å². The number of unbranched alkanes of at least 4 members (excludes halogenated alkanes) is 9. The lowest BCUT2D eigenvalue weighted by Gasteiger charge is -2.26. The van der Waals surface area contributed by atoms with Crippen molar-refractivity contribution in [1.82, 2.24) is 0 Å². The van der Waals surface area contributed by atoms with Crippen molar-refractivity contribution in [2.24, 2.45) is 0 Å². The smallest absolute Gasteiger partial charge is 0.269 e. The van der Waals surface area contributed by atoms with Crippen LogP contribution in [0, 0.1) is 0 Å². The lowest BCUT2D eigenvalue weighted by molar-refractivity contribution is -0.310. The predicted molar refractivity (Wildman–Crippen MR) is 88.7 cm³/mol. The Kier molecular flexibility index (Phi) is 14.1. The number of hydrogen-bond acceptors (Lipinski definition) is 3. The normalized spacial score (nSPS) is 12.6. The summed E-state index contributed by atoms with van der Waals surface area (Å²) < 4.78 is 16.1. The lowest BCUT2D eigenvalue weighted by Crippen LogP contribution is -2.34.